The Hall–Kier alpha value is -2.04. The number of phenols is 1. The highest BCUT2D eigenvalue weighted by atomic mass is 16.6. The highest BCUT2D eigenvalue weighted by Gasteiger charge is 2.34. The summed E-state index contributed by atoms with van der Waals surface area (Å²) < 4.78 is 6.42. The fraction of sp³-hybridized carbons (Fsp3) is 0.619. The van der Waals surface area contributed by atoms with Crippen LogP contribution in [0.1, 0.15) is 74.6 Å². The molecule has 2 rings (SSSR count). The molecule has 1 aromatic rings. The van der Waals surface area contributed by atoms with Crippen molar-refractivity contribution in [2.24, 2.45) is 0 Å². The predicted molar refractivity (Wildman–Crippen MR) is 104 cm³/mol. The number of benzene rings is 1. The van der Waals surface area contributed by atoms with E-state index in [1.807, 2.05) is 20.8 Å². The lowest BCUT2D eigenvalue weighted by Gasteiger charge is -2.38. The van der Waals surface area contributed by atoms with Gasteiger partial charge >= 0.3 is 0 Å². The molecule has 1 unspecified atom stereocenters. The molecule has 0 radical (unpaired) electrons. The van der Waals surface area contributed by atoms with Crippen LogP contribution in [0, 0.1) is 30.9 Å². The molecule has 0 fully saturated rings. The number of nitro groups is 1. The monoisotopic (exact) mass is 361 g/mol. The fourth-order valence-corrected chi connectivity index (χ4v) is 3.79. The molecule has 5 heteroatoms. The molecule has 1 aliphatic heterocycles. The second-order valence-electron chi connectivity index (χ2n) is 7.68. The van der Waals surface area contributed by atoms with Gasteiger partial charge in [-0.3, -0.25) is 10.1 Å². The van der Waals surface area contributed by atoms with Crippen LogP contribution in [-0.4, -0.2) is 15.6 Å². The third-order valence-electron chi connectivity index (χ3n) is 5.80. The molecular formula is C21H31NO4. The lowest BCUT2D eigenvalue weighted by Crippen LogP contribution is -2.37. The molecule has 26 heavy (non-hydrogen) atoms. The molecule has 0 aliphatic carbocycles. The Kier molecular flexibility index (Phi) is 6.32. The number of hydrogen-bond acceptors (Lipinski definition) is 4. The van der Waals surface area contributed by atoms with E-state index in [4.69, 9.17) is 4.74 Å². The second-order valence-corrected chi connectivity index (χ2v) is 7.68. The Morgan fingerprint density at radius 3 is 2.54 bits per heavy atom. The average Bonchev–Trinajstić information content (AvgIpc) is 2.60. The zero-order valence-electron chi connectivity index (χ0n) is 16.6. The number of rotatable bonds is 7. The Morgan fingerprint density at radius 1 is 1.23 bits per heavy atom. The van der Waals surface area contributed by atoms with Gasteiger partial charge in [0.25, 0.3) is 0 Å². The van der Waals surface area contributed by atoms with Crippen LogP contribution >= 0.6 is 0 Å². The van der Waals surface area contributed by atoms with Crippen LogP contribution in [0.2, 0.25) is 0 Å². The highest BCUT2D eigenvalue weighted by molar-refractivity contribution is 5.58. The van der Waals surface area contributed by atoms with Crippen molar-refractivity contribution in [2.75, 3.05) is 0 Å². The molecule has 1 aliphatic rings. The summed E-state index contributed by atoms with van der Waals surface area (Å²) in [4.78, 5) is 10.5. The van der Waals surface area contributed by atoms with Gasteiger partial charge in [0.1, 0.15) is 17.1 Å². The van der Waals surface area contributed by atoms with Crippen molar-refractivity contribution in [3.8, 4) is 11.5 Å². The third-order valence-corrected chi connectivity index (χ3v) is 5.80. The number of aromatic hydroxyl groups is 1. The third kappa shape index (κ3) is 4.19. The van der Waals surface area contributed by atoms with Gasteiger partial charge in [0, 0.05) is 12.0 Å². The summed E-state index contributed by atoms with van der Waals surface area (Å²) in [6.07, 6.45) is 7.69. The van der Waals surface area contributed by atoms with Gasteiger partial charge in [0.05, 0.1) is 4.92 Å². The lowest BCUT2D eigenvalue weighted by molar-refractivity contribution is -0.428. The first-order valence-corrected chi connectivity index (χ1v) is 9.50. The van der Waals surface area contributed by atoms with E-state index in [-0.39, 0.29) is 10.5 Å². The van der Waals surface area contributed by atoms with E-state index in [0.717, 1.165) is 66.5 Å². The number of allylic oxidation sites excluding steroid dienone is 2. The molecule has 144 valence electrons. The van der Waals surface area contributed by atoms with Crippen molar-refractivity contribution < 1.29 is 14.8 Å². The first-order valence-electron chi connectivity index (χ1n) is 9.50. The Labute approximate surface area is 156 Å². The highest BCUT2D eigenvalue weighted by Crippen LogP contribution is 2.44. The maximum atomic E-state index is 10.8. The normalized spacial score (nSPS) is 19.8. The maximum absolute atomic E-state index is 10.8. The quantitative estimate of drug-likeness (QED) is 0.393. The van der Waals surface area contributed by atoms with Crippen molar-refractivity contribution in [2.45, 2.75) is 85.2 Å². The molecule has 1 aromatic carbocycles. The largest absolute Gasteiger partial charge is 0.507 e. The Balaban J connectivity index is 1.96. The number of hydrogen-bond donors (Lipinski definition) is 1. The first kappa shape index (κ1) is 20.3. The molecule has 1 N–H and O–H groups in total. The number of unbranched alkanes of at least 4 members (excludes halogenated alkanes) is 2. The zero-order valence-corrected chi connectivity index (χ0v) is 16.6. The smallest absolute Gasteiger partial charge is 0.242 e. The molecule has 0 saturated heterocycles. The van der Waals surface area contributed by atoms with Crippen molar-refractivity contribution in [3.05, 3.63) is 44.1 Å². The number of phenolic OH excluding ortho intramolecular Hbond substituents is 1. The average molecular weight is 361 g/mol. The van der Waals surface area contributed by atoms with Gasteiger partial charge in [-0.1, -0.05) is 6.42 Å². The van der Waals surface area contributed by atoms with Crippen molar-refractivity contribution in [3.63, 3.8) is 0 Å². The molecular weight excluding hydrogens is 330 g/mol. The lowest BCUT2D eigenvalue weighted by atomic mass is 9.84. The summed E-state index contributed by atoms with van der Waals surface area (Å²) >= 11 is 0. The molecule has 0 amide bonds. The van der Waals surface area contributed by atoms with Crippen molar-refractivity contribution in [1.82, 2.24) is 0 Å². The van der Waals surface area contributed by atoms with Crippen LogP contribution < -0.4 is 4.74 Å². The van der Waals surface area contributed by atoms with Crippen LogP contribution in [-0.2, 0) is 6.42 Å². The predicted octanol–water partition coefficient (Wildman–Crippen LogP) is 5.53. The van der Waals surface area contributed by atoms with E-state index < -0.39 is 0 Å². The van der Waals surface area contributed by atoms with E-state index >= 15 is 0 Å². The fourth-order valence-electron chi connectivity index (χ4n) is 3.79. The molecule has 0 spiro atoms. The van der Waals surface area contributed by atoms with Crippen LogP contribution in [0.5, 0.6) is 11.5 Å². The molecule has 0 aromatic heterocycles. The molecule has 1 atom stereocenters. The van der Waals surface area contributed by atoms with Gasteiger partial charge in [-0.2, -0.15) is 0 Å². The van der Waals surface area contributed by atoms with E-state index in [0.29, 0.717) is 17.9 Å². The van der Waals surface area contributed by atoms with Gasteiger partial charge in [0.15, 0.2) is 0 Å². The van der Waals surface area contributed by atoms with E-state index in [1.54, 1.807) is 13.0 Å². The van der Waals surface area contributed by atoms with Crippen LogP contribution in [0.15, 0.2) is 11.8 Å². The summed E-state index contributed by atoms with van der Waals surface area (Å²) in [5, 5.41) is 21.1. The summed E-state index contributed by atoms with van der Waals surface area (Å²) in [6.45, 7) is 9.77. The summed E-state index contributed by atoms with van der Waals surface area (Å²) in [5.74, 6) is 1.33. The number of nitrogens with zero attached hydrogens (tertiary/aromatic N) is 1. The second kappa shape index (κ2) is 8.11. The van der Waals surface area contributed by atoms with Crippen LogP contribution in [0.4, 0.5) is 0 Å². The first-order chi connectivity index (χ1) is 12.2. The minimum atomic E-state index is -0.286. The Bertz CT molecular complexity index is 723. The molecule has 0 bridgehead atoms. The SMILES string of the molecule is CC=C(CCCCCC1(C)CCc2c(C)c(O)c(C)c(C)c2O1)[N+](=O)[O-]. The van der Waals surface area contributed by atoms with Gasteiger partial charge in [-0.15, -0.1) is 0 Å². The Morgan fingerprint density at radius 2 is 1.92 bits per heavy atom. The van der Waals surface area contributed by atoms with Crippen LogP contribution in [0.25, 0.3) is 0 Å². The van der Waals surface area contributed by atoms with Crippen molar-refractivity contribution >= 4 is 0 Å². The van der Waals surface area contributed by atoms with E-state index in [9.17, 15) is 15.2 Å². The zero-order chi connectivity index (χ0) is 19.5. The minimum Gasteiger partial charge on any atom is -0.507 e. The number of fused-ring (bicyclic) bond motifs is 1. The van der Waals surface area contributed by atoms with E-state index in [1.165, 1.54) is 0 Å². The summed E-state index contributed by atoms with van der Waals surface area (Å²) in [6, 6.07) is 0. The molecule has 0 saturated carbocycles. The standard InChI is InChI=1S/C21H31NO4/c1-6-17(22(24)25)10-8-7-9-12-21(5)13-11-18-16(4)19(23)14(2)15(3)20(18)26-21/h6,23H,7-13H2,1-5H3. The van der Waals surface area contributed by atoms with Gasteiger partial charge in [-0.05, 0) is 89.5 Å². The summed E-state index contributed by atoms with van der Waals surface area (Å²) in [7, 11) is 0. The molecule has 5 nitrogen and oxygen atoms in total. The van der Waals surface area contributed by atoms with Crippen molar-refractivity contribution in [1.29, 1.82) is 0 Å². The maximum Gasteiger partial charge on any atom is 0.242 e. The summed E-state index contributed by atoms with van der Waals surface area (Å²) in [5.41, 5.74) is 4.08. The molecule has 1 heterocycles. The van der Waals surface area contributed by atoms with Gasteiger partial charge in [-0.25, -0.2) is 0 Å². The topological polar surface area (TPSA) is 72.6 Å². The van der Waals surface area contributed by atoms with E-state index in [2.05, 4.69) is 6.92 Å². The number of ether oxygens (including phenoxy) is 1. The van der Waals surface area contributed by atoms with Gasteiger partial charge in [0.2, 0.25) is 5.70 Å². The van der Waals surface area contributed by atoms with Crippen LogP contribution in [0.3, 0.4) is 0 Å². The van der Waals surface area contributed by atoms with Gasteiger partial charge < -0.3 is 9.84 Å². The minimum absolute atomic E-state index is 0.208.